The van der Waals surface area contributed by atoms with Gasteiger partial charge in [-0.05, 0) is 48.4 Å². The van der Waals surface area contributed by atoms with Gasteiger partial charge in [0.05, 0.1) is 18.2 Å². The quantitative estimate of drug-likeness (QED) is 0.478. The molecule has 7 heteroatoms. The second-order valence-corrected chi connectivity index (χ2v) is 10.7. The predicted octanol–water partition coefficient (Wildman–Crippen LogP) is 5.91. The summed E-state index contributed by atoms with van der Waals surface area (Å²) < 4.78 is 21.7. The number of amides is 1. The first kappa shape index (κ1) is 23.4. The molecular weight excluding hydrogens is 445 g/mol. The summed E-state index contributed by atoms with van der Waals surface area (Å²) in [6.07, 6.45) is 6.68. The number of benzene rings is 2. The van der Waals surface area contributed by atoms with Crippen molar-refractivity contribution < 1.29 is 18.7 Å². The molecule has 6 nitrogen and oxygen atoms in total. The number of halogens is 1. The Kier molecular flexibility index (Phi) is 5.82. The minimum atomic E-state index is -0.506. The maximum Gasteiger partial charge on any atom is 0.250 e. The third-order valence-electron chi connectivity index (χ3n) is 7.40. The van der Waals surface area contributed by atoms with Gasteiger partial charge in [-0.2, -0.15) is 0 Å². The molecule has 1 aliphatic carbocycles. The summed E-state index contributed by atoms with van der Waals surface area (Å²) in [4.78, 5) is 25.5. The molecule has 0 bridgehead atoms. The zero-order chi connectivity index (χ0) is 24.9. The number of ether oxygens (including phenoxy) is 1. The molecule has 1 aromatic heterocycles. The molecule has 0 radical (unpaired) electrons. The van der Waals surface area contributed by atoms with E-state index >= 15 is 0 Å². The van der Waals surface area contributed by atoms with Crippen molar-refractivity contribution in [2.24, 2.45) is 11.1 Å². The first-order valence-corrected chi connectivity index (χ1v) is 12.3. The maximum atomic E-state index is 14.7. The molecule has 2 heterocycles. The van der Waals surface area contributed by atoms with Gasteiger partial charge in [-0.25, -0.2) is 4.39 Å². The molecule has 2 aliphatic rings. The van der Waals surface area contributed by atoms with Gasteiger partial charge in [-0.15, -0.1) is 0 Å². The zero-order valence-corrected chi connectivity index (χ0v) is 20.5. The molecule has 3 aromatic rings. The number of anilines is 1. The lowest BCUT2D eigenvalue weighted by Gasteiger charge is -2.30. The van der Waals surface area contributed by atoms with Crippen molar-refractivity contribution >= 4 is 28.4 Å². The highest BCUT2D eigenvalue weighted by Crippen LogP contribution is 2.45. The first-order chi connectivity index (χ1) is 16.7. The number of fused-ring (bicyclic) bond motifs is 3. The largest absolute Gasteiger partial charge is 0.494 e. The smallest absolute Gasteiger partial charge is 0.250 e. The normalized spacial score (nSPS) is 17.9. The van der Waals surface area contributed by atoms with Gasteiger partial charge >= 0.3 is 0 Å². The minimum Gasteiger partial charge on any atom is -0.494 e. The van der Waals surface area contributed by atoms with Gasteiger partial charge in [0.25, 0.3) is 5.91 Å². The van der Waals surface area contributed by atoms with E-state index in [9.17, 15) is 14.0 Å². The van der Waals surface area contributed by atoms with Gasteiger partial charge in [0.1, 0.15) is 0 Å². The molecule has 0 saturated heterocycles. The summed E-state index contributed by atoms with van der Waals surface area (Å²) in [6.45, 7) is 4.15. The van der Waals surface area contributed by atoms with Crippen molar-refractivity contribution in [2.75, 3.05) is 12.4 Å². The molecular formula is C28H32FN3O3. The number of carbonyl (C=O) groups excluding carboxylic acids is 2. The SMILES string of the molecule is COc1cc2c(-c3ccc(C(N)=O)c(NC4CCCCC4)c3)c3n(c2cc1F)C(=O)CC(C)(C)C3. The Morgan fingerprint density at radius 2 is 1.89 bits per heavy atom. The third kappa shape index (κ3) is 4.17. The number of hydrogen-bond acceptors (Lipinski definition) is 4. The summed E-state index contributed by atoms with van der Waals surface area (Å²) in [6, 6.07) is 8.90. The van der Waals surface area contributed by atoms with Crippen molar-refractivity contribution in [1.82, 2.24) is 4.57 Å². The average Bonchev–Trinajstić information content (AvgIpc) is 3.10. The monoisotopic (exact) mass is 477 g/mol. The summed E-state index contributed by atoms with van der Waals surface area (Å²) in [5.74, 6) is -0.916. The number of aromatic nitrogens is 1. The van der Waals surface area contributed by atoms with Crippen LogP contribution < -0.4 is 15.8 Å². The van der Waals surface area contributed by atoms with Crippen LogP contribution in [0.15, 0.2) is 30.3 Å². The number of primary amides is 1. The Labute approximate surface area is 204 Å². The van der Waals surface area contributed by atoms with Crippen molar-refractivity contribution in [1.29, 1.82) is 0 Å². The van der Waals surface area contributed by atoms with E-state index in [0.717, 1.165) is 47.9 Å². The lowest BCUT2D eigenvalue weighted by molar-refractivity contribution is 0.0816. The fourth-order valence-electron chi connectivity index (χ4n) is 5.78. The van der Waals surface area contributed by atoms with Gasteiger partial charge in [-0.3, -0.25) is 14.2 Å². The maximum absolute atomic E-state index is 14.7. The fraction of sp³-hybridized carbons (Fsp3) is 0.429. The molecule has 1 amide bonds. The van der Waals surface area contributed by atoms with Crippen molar-refractivity contribution in [2.45, 2.75) is 64.8 Å². The second kappa shape index (κ2) is 8.70. The van der Waals surface area contributed by atoms with Crippen LogP contribution in [-0.4, -0.2) is 29.5 Å². The van der Waals surface area contributed by atoms with Crippen LogP contribution >= 0.6 is 0 Å². The Morgan fingerprint density at radius 3 is 2.57 bits per heavy atom. The second-order valence-electron chi connectivity index (χ2n) is 10.7. The number of hydrogen-bond donors (Lipinski definition) is 2. The van der Waals surface area contributed by atoms with E-state index in [4.69, 9.17) is 10.5 Å². The fourth-order valence-corrected chi connectivity index (χ4v) is 5.78. The highest BCUT2D eigenvalue weighted by atomic mass is 19.1. The standard InChI is InChI=1S/C28H32FN3O3/c1-28(2)14-23-26(19-12-24(35-3)20(29)13-22(19)32(23)25(33)15-28)16-9-10-18(27(30)34)21(11-16)31-17-7-5-4-6-8-17/h9-13,17,31H,4-8,14-15H2,1-3H3,(H2,30,34). The first-order valence-electron chi connectivity index (χ1n) is 12.3. The molecule has 1 fully saturated rings. The van der Waals surface area contributed by atoms with Crippen molar-refractivity contribution in [3.05, 3.63) is 47.4 Å². The predicted molar refractivity (Wildman–Crippen MR) is 136 cm³/mol. The number of rotatable bonds is 5. The lowest BCUT2D eigenvalue weighted by atomic mass is 9.80. The number of carbonyl (C=O) groups is 2. The van der Waals surface area contributed by atoms with Crippen LogP contribution in [0.2, 0.25) is 0 Å². The van der Waals surface area contributed by atoms with Crippen LogP contribution in [0.25, 0.3) is 22.0 Å². The van der Waals surface area contributed by atoms with Gasteiger partial charge in [0.2, 0.25) is 5.91 Å². The van der Waals surface area contributed by atoms with E-state index in [-0.39, 0.29) is 23.1 Å². The molecule has 0 spiro atoms. The van der Waals surface area contributed by atoms with Crippen LogP contribution in [0.3, 0.4) is 0 Å². The Hall–Kier alpha value is -3.35. The van der Waals surface area contributed by atoms with E-state index in [0.29, 0.717) is 29.6 Å². The van der Waals surface area contributed by atoms with E-state index in [1.807, 2.05) is 12.1 Å². The molecule has 2 aromatic carbocycles. The van der Waals surface area contributed by atoms with E-state index < -0.39 is 11.7 Å². The lowest BCUT2D eigenvalue weighted by Crippen LogP contribution is -2.31. The highest BCUT2D eigenvalue weighted by molar-refractivity contribution is 6.06. The minimum absolute atomic E-state index is 0.0497. The molecule has 3 N–H and O–H groups in total. The van der Waals surface area contributed by atoms with E-state index in [1.165, 1.54) is 19.6 Å². The van der Waals surface area contributed by atoms with Crippen molar-refractivity contribution in [3.8, 4) is 16.9 Å². The molecule has 184 valence electrons. The van der Waals surface area contributed by atoms with Crippen LogP contribution in [0.5, 0.6) is 5.75 Å². The van der Waals surface area contributed by atoms with Crippen LogP contribution in [-0.2, 0) is 6.42 Å². The van der Waals surface area contributed by atoms with Gasteiger partial charge in [-0.1, -0.05) is 39.2 Å². The van der Waals surface area contributed by atoms with E-state index in [2.05, 4.69) is 19.2 Å². The molecule has 0 unspecified atom stereocenters. The number of nitrogens with one attached hydrogen (secondary N) is 1. The molecule has 5 rings (SSSR count). The third-order valence-corrected chi connectivity index (χ3v) is 7.40. The van der Waals surface area contributed by atoms with Gasteiger partial charge in [0, 0.05) is 40.9 Å². The zero-order valence-electron chi connectivity index (χ0n) is 20.5. The molecule has 0 atom stereocenters. The van der Waals surface area contributed by atoms with Crippen LogP contribution in [0.1, 0.15) is 73.2 Å². The number of methoxy groups -OCH3 is 1. The van der Waals surface area contributed by atoms with Crippen LogP contribution in [0.4, 0.5) is 10.1 Å². The topological polar surface area (TPSA) is 86.3 Å². The highest BCUT2D eigenvalue weighted by Gasteiger charge is 2.35. The number of nitrogens with two attached hydrogens (primary N) is 1. The number of nitrogens with zero attached hydrogens (tertiary/aromatic N) is 1. The average molecular weight is 478 g/mol. The summed E-state index contributed by atoms with van der Waals surface area (Å²) in [7, 11) is 1.43. The molecule has 1 saturated carbocycles. The Bertz CT molecular complexity index is 1340. The summed E-state index contributed by atoms with van der Waals surface area (Å²) >= 11 is 0. The Morgan fingerprint density at radius 1 is 1.14 bits per heavy atom. The van der Waals surface area contributed by atoms with Gasteiger partial charge < -0.3 is 15.8 Å². The Balaban J connectivity index is 1.74. The van der Waals surface area contributed by atoms with Crippen molar-refractivity contribution in [3.63, 3.8) is 0 Å². The van der Waals surface area contributed by atoms with Crippen LogP contribution in [0, 0.1) is 11.2 Å². The summed E-state index contributed by atoms with van der Waals surface area (Å²) in [5.41, 5.74) is 9.73. The summed E-state index contributed by atoms with van der Waals surface area (Å²) in [5, 5.41) is 4.31. The van der Waals surface area contributed by atoms with Gasteiger partial charge in [0.15, 0.2) is 11.6 Å². The van der Waals surface area contributed by atoms with E-state index in [1.54, 1.807) is 16.7 Å². The molecule has 35 heavy (non-hydrogen) atoms. The molecule has 1 aliphatic heterocycles.